The second-order valence-corrected chi connectivity index (χ2v) is 6.96. The number of carbonyl (C=O) groups is 2. The third-order valence-electron chi connectivity index (χ3n) is 4.46. The van der Waals surface area contributed by atoms with Gasteiger partial charge in [-0.25, -0.2) is 0 Å². The molecule has 0 heterocycles. The van der Waals surface area contributed by atoms with Crippen LogP contribution in [0.5, 0.6) is 11.5 Å². The normalized spacial score (nSPS) is 11.6. The predicted octanol–water partition coefficient (Wildman–Crippen LogP) is 3.08. The van der Waals surface area contributed by atoms with Crippen LogP contribution in [0.4, 0.5) is 0 Å². The maximum Gasteiger partial charge on any atom is 0.251 e. The zero-order valence-corrected chi connectivity index (χ0v) is 17.0. The molecule has 6 heteroatoms. The lowest BCUT2D eigenvalue weighted by Gasteiger charge is -2.22. The van der Waals surface area contributed by atoms with Gasteiger partial charge in [-0.3, -0.25) is 9.59 Å². The fourth-order valence-corrected chi connectivity index (χ4v) is 2.84. The third-order valence-corrected chi connectivity index (χ3v) is 4.46. The quantitative estimate of drug-likeness (QED) is 0.733. The summed E-state index contributed by atoms with van der Waals surface area (Å²) in [6, 6.07) is 12.1. The van der Waals surface area contributed by atoms with Gasteiger partial charge in [0, 0.05) is 23.7 Å². The Kier molecular flexibility index (Phi) is 7.44. The molecule has 0 spiro atoms. The van der Waals surface area contributed by atoms with Gasteiger partial charge in [0.2, 0.25) is 5.91 Å². The van der Waals surface area contributed by atoms with E-state index in [2.05, 4.69) is 10.6 Å². The number of hydrogen-bond donors (Lipinski definition) is 2. The monoisotopic (exact) mass is 384 g/mol. The standard InChI is InChI=1S/C22H28N2O4/c1-14(2)20(24-21(25)16-8-6-7-15(3)11-16)22(26)23-13-17-9-10-18(27-4)12-19(17)28-5/h6-12,14,20H,13H2,1-5H3,(H,23,26)(H,24,25). The molecule has 2 aromatic carbocycles. The molecule has 0 bridgehead atoms. The minimum absolute atomic E-state index is 0.0634. The van der Waals surface area contributed by atoms with Crippen molar-refractivity contribution in [1.82, 2.24) is 10.6 Å². The van der Waals surface area contributed by atoms with Crippen LogP contribution in [-0.2, 0) is 11.3 Å². The van der Waals surface area contributed by atoms with E-state index in [1.165, 1.54) is 0 Å². The Labute approximate surface area is 166 Å². The first-order chi connectivity index (χ1) is 13.3. The van der Waals surface area contributed by atoms with Crippen LogP contribution in [0, 0.1) is 12.8 Å². The highest BCUT2D eigenvalue weighted by Gasteiger charge is 2.24. The Hall–Kier alpha value is -3.02. The Morgan fingerprint density at radius 1 is 1.04 bits per heavy atom. The second kappa shape index (κ2) is 9.78. The molecule has 0 saturated heterocycles. The first kappa shape index (κ1) is 21.3. The van der Waals surface area contributed by atoms with E-state index in [1.807, 2.05) is 45.0 Å². The van der Waals surface area contributed by atoms with E-state index in [1.54, 1.807) is 32.4 Å². The number of aryl methyl sites for hydroxylation is 1. The van der Waals surface area contributed by atoms with Gasteiger partial charge < -0.3 is 20.1 Å². The molecule has 2 amide bonds. The summed E-state index contributed by atoms with van der Waals surface area (Å²) in [4.78, 5) is 25.3. The van der Waals surface area contributed by atoms with E-state index in [4.69, 9.17) is 9.47 Å². The molecule has 2 N–H and O–H groups in total. The summed E-state index contributed by atoms with van der Waals surface area (Å²) in [5.41, 5.74) is 2.35. The molecule has 6 nitrogen and oxygen atoms in total. The highest BCUT2D eigenvalue weighted by Crippen LogP contribution is 2.24. The van der Waals surface area contributed by atoms with E-state index >= 15 is 0 Å². The van der Waals surface area contributed by atoms with Crippen LogP contribution in [0.1, 0.15) is 35.3 Å². The van der Waals surface area contributed by atoms with Gasteiger partial charge in [-0.05, 0) is 37.1 Å². The van der Waals surface area contributed by atoms with Gasteiger partial charge in [-0.2, -0.15) is 0 Å². The summed E-state index contributed by atoms with van der Waals surface area (Å²) in [6.45, 7) is 6.00. The van der Waals surface area contributed by atoms with Gasteiger partial charge in [-0.15, -0.1) is 0 Å². The van der Waals surface area contributed by atoms with E-state index < -0.39 is 6.04 Å². The summed E-state index contributed by atoms with van der Waals surface area (Å²) >= 11 is 0. The zero-order chi connectivity index (χ0) is 20.7. The fraction of sp³-hybridized carbons (Fsp3) is 0.364. The summed E-state index contributed by atoms with van der Waals surface area (Å²) in [7, 11) is 3.15. The number of ether oxygens (including phenoxy) is 2. The van der Waals surface area contributed by atoms with Crippen LogP contribution in [-0.4, -0.2) is 32.1 Å². The van der Waals surface area contributed by atoms with Crippen molar-refractivity contribution < 1.29 is 19.1 Å². The molecule has 2 aromatic rings. The number of amides is 2. The van der Waals surface area contributed by atoms with Crippen LogP contribution in [0.2, 0.25) is 0 Å². The predicted molar refractivity (Wildman–Crippen MR) is 109 cm³/mol. The van der Waals surface area contributed by atoms with Crippen molar-refractivity contribution in [3.05, 3.63) is 59.2 Å². The average molecular weight is 384 g/mol. The van der Waals surface area contributed by atoms with Crippen LogP contribution in [0.25, 0.3) is 0 Å². The molecule has 2 rings (SSSR count). The molecule has 28 heavy (non-hydrogen) atoms. The van der Waals surface area contributed by atoms with Crippen LogP contribution >= 0.6 is 0 Å². The number of nitrogens with one attached hydrogen (secondary N) is 2. The number of methoxy groups -OCH3 is 2. The van der Waals surface area contributed by atoms with Crippen molar-refractivity contribution in [3.63, 3.8) is 0 Å². The largest absolute Gasteiger partial charge is 0.497 e. The van der Waals surface area contributed by atoms with Crippen LogP contribution in [0.15, 0.2) is 42.5 Å². The molecule has 0 aliphatic heterocycles. The van der Waals surface area contributed by atoms with E-state index in [9.17, 15) is 9.59 Å². The van der Waals surface area contributed by atoms with E-state index in [-0.39, 0.29) is 24.3 Å². The molecule has 150 valence electrons. The van der Waals surface area contributed by atoms with Crippen molar-refractivity contribution in [2.45, 2.75) is 33.4 Å². The highest BCUT2D eigenvalue weighted by molar-refractivity contribution is 5.97. The van der Waals surface area contributed by atoms with E-state index in [0.29, 0.717) is 17.1 Å². The molecular formula is C22H28N2O4. The van der Waals surface area contributed by atoms with Crippen molar-refractivity contribution in [3.8, 4) is 11.5 Å². The van der Waals surface area contributed by atoms with Gasteiger partial charge in [0.25, 0.3) is 5.91 Å². The Bertz CT molecular complexity index is 833. The Morgan fingerprint density at radius 2 is 1.79 bits per heavy atom. The maximum atomic E-state index is 12.7. The first-order valence-corrected chi connectivity index (χ1v) is 9.21. The molecule has 1 atom stereocenters. The zero-order valence-electron chi connectivity index (χ0n) is 17.0. The number of carbonyl (C=O) groups excluding carboxylic acids is 2. The molecular weight excluding hydrogens is 356 g/mol. The van der Waals surface area contributed by atoms with Gasteiger partial charge in [0.15, 0.2) is 0 Å². The lowest BCUT2D eigenvalue weighted by molar-refractivity contribution is -0.124. The van der Waals surface area contributed by atoms with Crippen molar-refractivity contribution in [1.29, 1.82) is 0 Å². The summed E-state index contributed by atoms with van der Waals surface area (Å²) in [5, 5.41) is 5.73. The van der Waals surface area contributed by atoms with Crippen LogP contribution < -0.4 is 20.1 Å². The Morgan fingerprint density at radius 3 is 2.39 bits per heavy atom. The second-order valence-electron chi connectivity index (χ2n) is 6.96. The average Bonchev–Trinajstić information content (AvgIpc) is 2.69. The number of hydrogen-bond acceptors (Lipinski definition) is 4. The maximum absolute atomic E-state index is 12.7. The lowest BCUT2D eigenvalue weighted by atomic mass is 10.0. The first-order valence-electron chi connectivity index (χ1n) is 9.21. The minimum atomic E-state index is -0.641. The summed E-state index contributed by atoms with van der Waals surface area (Å²) in [5.74, 6) is 0.738. The number of rotatable bonds is 8. The van der Waals surface area contributed by atoms with Crippen LogP contribution in [0.3, 0.4) is 0 Å². The van der Waals surface area contributed by atoms with Gasteiger partial charge in [0.1, 0.15) is 17.5 Å². The smallest absolute Gasteiger partial charge is 0.251 e. The summed E-state index contributed by atoms with van der Waals surface area (Å²) in [6.07, 6.45) is 0. The van der Waals surface area contributed by atoms with Gasteiger partial charge in [-0.1, -0.05) is 31.5 Å². The molecule has 0 aliphatic rings. The Balaban J connectivity index is 2.06. The minimum Gasteiger partial charge on any atom is -0.497 e. The van der Waals surface area contributed by atoms with Gasteiger partial charge >= 0.3 is 0 Å². The fourth-order valence-electron chi connectivity index (χ4n) is 2.84. The molecule has 0 aromatic heterocycles. The molecule has 0 fully saturated rings. The molecule has 0 saturated carbocycles. The van der Waals surface area contributed by atoms with Crippen molar-refractivity contribution in [2.75, 3.05) is 14.2 Å². The van der Waals surface area contributed by atoms with Crippen molar-refractivity contribution in [2.24, 2.45) is 5.92 Å². The molecule has 0 aliphatic carbocycles. The molecule has 1 unspecified atom stereocenters. The third kappa shape index (κ3) is 5.49. The summed E-state index contributed by atoms with van der Waals surface area (Å²) < 4.78 is 10.5. The van der Waals surface area contributed by atoms with Crippen molar-refractivity contribution >= 4 is 11.8 Å². The van der Waals surface area contributed by atoms with Gasteiger partial charge in [0.05, 0.1) is 14.2 Å². The number of benzene rings is 2. The lowest BCUT2D eigenvalue weighted by Crippen LogP contribution is -2.49. The molecule has 0 radical (unpaired) electrons. The SMILES string of the molecule is COc1ccc(CNC(=O)C(NC(=O)c2cccc(C)c2)C(C)C)c(OC)c1. The topological polar surface area (TPSA) is 76.7 Å². The highest BCUT2D eigenvalue weighted by atomic mass is 16.5. The van der Waals surface area contributed by atoms with E-state index in [0.717, 1.165) is 11.1 Å².